The molecule has 2 atom stereocenters. The van der Waals surface area contributed by atoms with Gasteiger partial charge in [0.2, 0.25) is 5.78 Å². The number of rotatable bonds is 11. The van der Waals surface area contributed by atoms with Crippen LogP contribution >= 0.6 is 11.6 Å². The van der Waals surface area contributed by atoms with Crippen LogP contribution in [0.25, 0.3) is 22.0 Å². The normalized spacial score (nSPS) is 16.9. The maximum Gasteiger partial charge on any atom is 0.292 e. The van der Waals surface area contributed by atoms with Crippen LogP contribution in [0, 0.1) is 0 Å². The van der Waals surface area contributed by atoms with E-state index in [1.165, 1.54) is 5.39 Å². The van der Waals surface area contributed by atoms with Crippen molar-refractivity contribution in [2.24, 2.45) is 0 Å². The van der Waals surface area contributed by atoms with Gasteiger partial charge in [-0.25, -0.2) is 0 Å². The maximum atomic E-state index is 13.2. The minimum Gasteiger partial charge on any atom is -0.489 e. The molecule has 1 amide bonds. The van der Waals surface area contributed by atoms with Gasteiger partial charge in [0.1, 0.15) is 11.9 Å². The SMILES string of the molecule is CC(C)n1ccc2ccc(-c3ccc(C(=O)C(=O)NC(CN4CCCC4)C(O)c4ccc(OC5CC5)c(Cl)c4)cc3)cc21. The fourth-order valence-corrected chi connectivity index (χ4v) is 6.05. The number of Topliss-reactive ketones (excluding diaryl/α,β-unsaturated/α-hetero) is 1. The number of aliphatic hydroxyl groups is 1. The number of hydrogen-bond donors (Lipinski definition) is 2. The quantitative estimate of drug-likeness (QED) is 0.150. The van der Waals surface area contributed by atoms with E-state index in [0.29, 0.717) is 34.5 Å². The monoisotopic (exact) mass is 599 g/mol. The third-order valence-corrected chi connectivity index (χ3v) is 8.73. The van der Waals surface area contributed by atoms with E-state index in [9.17, 15) is 14.7 Å². The van der Waals surface area contributed by atoms with Gasteiger partial charge in [-0.2, -0.15) is 0 Å². The zero-order chi connectivity index (χ0) is 30.1. The second-order valence-corrected chi connectivity index (χ2v) is 12.4. The van der Waals surface area contributed by atoms with Crippen molar-refractivity contribution in [3.8, 4) is 16.9 Å². The minimum absolute atomic E-state index is 0.205. The lowest BCUT2D eigenvalue weighted by molar-refractivity contribution is -0.118. The molecule has 1 aliphatic carbocycles. The van der Waals surface area contributed by atoms with Crippen molar-refractivity contribution in [1.29, 1.82) is 0 Å². The molecule has 0 bridgehead atoms. The minimum atomic E-state index is -1.05. The maximum absolute atomic E-state index is 13.2. The van der Waals surface area contributed by atoms with E-state index in [-0.39, 0.29) is 6.10 Å². The average molecular weight is 600 g/mol. The van der Waals surface area contributed by atoms with E-state index in [1.807, 2.05) is 12.1 Å². The van der Waals surface area contributed by atoms with Crippen LogP contribution in [0.1, 0.15) is 67.6 Å². The summed E-state index contributed by atoms with van der Waals surface area (Å²) in [4.78, 5) is 28.7. The van der Waals surface area contributed by atoms with Crippen LogP contribution < -0.4 is 10.1 Å². The Kier molecular flexibility index (Phi) is 8.57. The van der Waals surface area contributed by atoms with E-state index in [1.54, 1.807) is 30.3 Å². The molecule has 2 aliphatic rings. The number of halogens is 1. The highest BCUT2D eigenvalue weighted by Crippen LogP contribution is 2.34. The molecule has 2 heterocycles. The van der Waals surface area contributed by atoms with Crippen LogP contribution in [-0.4, -0.2) is 58.0 Å². The number of nitrogens with one attached hydrogen (secondary N) is 1. The first-order valence-corrected chi connectivity index (χ1v) is 15.6. The first kappa shape index (κ1) is 29.4. The Bertz CT molecular complexity index is 1620. The summed E-state index contributed by atoms with van der Waals surface area (Å²) < 4.78 is 8.07. The van der Waals surface area contributed by atoms with Crippen LogP contribution in [0.4, 0.5) is 0 Å². The average Bonchev–Trinajstić information content (AvgIpc) is 3.48. The van der Waals surface area contributed by atoms with Crippen molar-refractivity contribution >= 4 is 34.2 Å². The Morgan fingerprint density at radius 3 is 2.37 bits per heavy atom. The molecular formula is C35H38ClN3O4. The molecule has 2 unspecified atom stereocenters. The third kappa shape index (κ3) is 6.64. The van der Waals surface area contributed by atoms with Crippen molar-refractivity contribution in [2.45, 2.75) is 63.8 Å². The van der Waals surface area contributed by atoms with E-state index >= 15 is 0 Å². The highest BCUT2D eigenvalue weighted by Gasteiger charge is 2.30. The molecule has 2 N–H and O–H groups in total. The lowest BCUT2D eigenvalue weighted by Gasteiger charge is -2.28. The van der Waals surface area contributed by atoms with Gasteiger partial charge in [-0.15, -0.1) is 0 Å². The van der Waals surface area contributed by atoms with Gasteiger partial charge >= 0.3 is 0 Å². The first-order valence-electron chi connectivity index (χ1n) is 15.2. The van der Waals surface area contributed by atoms with E-state index in [4.69, 9.17) is 16.3 Å². The zero-order valence-electron chi connectivity index (χ0n) is 24.6. The molecule has 6 rings (SSSR count). The number of benzene rings is 3. The van der Waals surface area contributed by atoms with Gasteiger partial charge in [0.05, 0.1) is 17.2 Å². The number of ether oxygens (including phenoxy) is 1. The lowest BCUT2D eigenvalue weighted by Crippen LogP contribution is -2.48. The van der Waals surface area contributed by atoms with Crippen LogP contribution in [0.3, 0.4) is 0 Å². The Balaban J connectivity index is 1.17. The topological polar surface area (TPSA) is 83.8 Å². The molecule has 1 saturated carbocycles. The largest absolute Gasteiger partial charge is 0.489 e. The number of amides is 1. The second kappa shape index (κ2) is 12.5. The number of carbonyl (C=O) groups excluding carboxylic acids is 2. The molecule has 4 aromatic rings. The lowest BCUT2D eigenvalue weighted by atomic mass is 9.99. The van der Waals surface area contributed by atoms with Crippen LogP contribution in [-0.2, 0) is 4.79 Å². The number of nitrogens with zero attached hydrogens (tertiary/aromatic N) is 2. The van der Waals surface area contributed by atoms with Gasteiger partial charge in [-0.1, -0.05) is 54.1 Å². The molecule has 43 heavy (non-hydrogen) atoms. The Hall–Kier alpha value is -3.65. The molecule has 8 heteroatoms. The molecule has 7 nitrogen and oxygen atoms in total. The highest BCUT2D eigenvalue weighted by atomic mass is 35.5. The fourth-order valence-electron chi connectivity index (χ4n) is 5.82. The number of aromatic nitrogens is 1. The van der Waals surface area contributed by atoms with Crippen molar-refractivity contribution in [1.82, 2.24) is 14.8 Å². The number of fused-ring (bicyclic) bond motifs is 1. The summed E-state index contributed by atoms with van der Waals surface area (Å²) in [5.74, 6) is -0.792. The van der Waals surface area contributed by atoms with Gasteiger partial charge in [-0.3, -0.25) is 9.59 Å². The molecular weight excluding hydrogens is 562 g/mol. The van der Waals surface area contributed by atoms with Crippen molar-refractivity contribution in [2.75, 3.05) is 19.6 Å². The van der Waals surface area contributed by atoms with E-state index < -0.39 is 23.8 Å². The summed E-state index contributed by atoms with van der Waals surface area (Å²) in [6.45, 7) is 6.51. The summed E-state index contributed by atoms with van der Waals surface area (Å²) in [5, 5.41) is 15.8. The van der Waals surface area contributed by atoms with Crippen LogP contribution in [0.2, 0.25) is 5.02 Å². The number of carbonyl (C=O) groups is 2. The fraction of sp³-hybridized carbons (Fsp3) is 0.371. The molecule has 3 aromatic carbocycles. The molecule has 2 fully saturated rings. The Morgan fingerprint density at radius 2 is 1.70 bits per heavy atom. The Labute approximate surface area is 257 Å². The van der Waals surface area contributed by atoms with E-state index in [0.717, 1.165) is 55.4 Å². The van der Waals surface area contributed by atoms with Gasteiger partial charge in [0, 0.05) is 29.9 Å². The van der Waals surface area contributed by atoms with Gasteiger partial charge in [0.15, 0.2) is 0 Å². The van der Waals surface area contributed by atoms with Crippen LogP contribution in [0.15, 0.2) is 72.9 Å². The second-order valence-electron chi connectivity index (χ2n) is 12.0. The predicted molar refractivity (Wildman–Crippen MR) is 170 cm³/mol. The molecule has 224 valence electrons. The molecule has 1 aliphatic heterocycles. The molecule has 0 spiro atoms. The van der Waals surface area contributed by atoms with E-state index in [2.05, 4.69) is 59.1 Å². The summed E-state index contributed by atoms with van der Waals surface area (Å²) in [5.41, 5.74) is 4.02. The number of aliphatic hydroxyl groups excluding tert-OH is 1. The van der Waals surface area contributed by atoms with Crippen molar-refractivity contribution in [3.63, 3.8) is 0 Å². The predicted octanol–water partition coefficient (Wildman–Crippen LogP) is 6.58. The summed E-state index contributed by atoms with van der Waals surface area (Å²) >= 11 is 6.47. The Morgan fingerprint density at radius 1 is 0.977 bits per heavy atom. The smallest absolute Gasteiger partial charge is 0.292 e. The van der Waals surface area contributed by atoms with Gasteiger partial charge in [0.25, 0.3) is 5.91 Å². The van der Waals surface area contributed by atoms with Crippen molar-refractivity contribution in [3.05, 3.63) is 89.1 Å². The third-order valence-electron chi connectivity index (χ3n) is 8.43. The van der Waals surface area contributed by atoms with Gasteiger partial charge < -0.3 is 24.6 Å². The molecule has 1 saturated heterocycles. The molecule has 0 radical (unpaired) electrons. The standard InChI is InChI=1S/C35H38ClN3O4/c1-22(2)39-18-15-24-7-10-26(20-31(24)39)23-5-8-25(9-6-23)34(41)35(42)37-30(21-38-16-3-4-17-38)33(40)27-11-14-32(29(36)19-27)43-28-12-13-28/h5-11,14-15,18-20,22,28,30,33,40H,3-4,12-13,16-17,21H2,1-2H3,(H,37,42). The number of likely N-dealkylation sites (tertiary alicyclic amines) is 1. The zero-order valence-corrected chi connectivity index (χ0v) is 25.4. The summed E-state index contributed by atoms with van der Waals surface area (Å²) in [6, 6.07) is 20.4. The number of hydrogen-bond acceptors (Lipinski definition) is 5. The summed E-state index contributed by atoms with van der Waals surface area (Å²) in [7, 11) is 0. The highest BCUT2D eigenvalue weighted by molar-refractivity contribution is 6.42. The summed E-state index contributed by atoms with van der Waals surface area (Å²) in [6.07, 6.45) is 5.42. The first-order chi connectivity index (χ1) is 20.8. The number of ketones is 1. The van der Waals surface area contributed by atoms with Crippen LogP contribution in [0.5, 0.6) is 5.75 Å². The molecule has 1 aromatic heterocycles. The van der Waals surface area contributed by atoms with Gasteiger partial charge in [-0.05, 0) is 99.0 Å². The van der Waals surface area contributed by atoms with Crippen molar-refractivity contribution < 1.29 is 19.4 Å².